The number of methoxy groups -OCH3 is 1. The predicted octanol–water partition coefficient (Wildman–Crippen LogP) is 1.27. The molecule has 1 aliphatic rings. The molecule has 1 aliphatic heterocycles. The minimum Gasteiger partial charge on any atom is -0.469 e. The summed E-state index contributed by atoms with van der Waals surface area (Å²) >= 11 is 0. The lowest BCUT2D eigenvalue weighted by atomic mass is 9.97. The predicted molar refractivity (Wildman–Crippen MR) is 101 cm³/mol. The van der Waals surface area contributed by atoms with E-state index in [1.54, 1.807) is 19.2 Å². The average Bonchev–Trinajstić information content (AvgIpc) is 2.70. The van der Waals surface area contributed by atoms with Crippen molar-refractivity contribution in [3.8, 4) is 0 Å². The maximum absolute atomic E-state index is 12.0. The summed E-state index contributed by atoms with van der Waals surface area (Å²) in [5.41, 5.74) is 0.671. The molecule has 142 valence electrons. The Balaban J connectivity index is 1.65. The minimum atomic E-state index is -0.123. The summed E-state index contributed by atoms with van der Waals surface area (Å²) in [6.07, 6.45) is 2.36. The normalized spacial score (nSPS) is 15.5. The van der Waals surface area contributed by atoms with Crippen LogP contribution in [0.1, 0.15) is 29.6 Å². The molecule has 0 aromatic heterocycles. The van der Waals surface area contributed by atoms with Crippen molar-refractivity contribution in [2.75, 3.05) is 40.3 Å². The van der Waals surface area contributed by atoms with Gasteiger partial charge in [-0.25, -0.2) is 0 Å². The number of hydrogen-bond donors (Lipinski definition) is 2. The Kier molecular flexibility index (Phi) is 7.92. The van der Waals surface area contributed by atoms with E-state index in [0.717, 1.165) is 44.9 Å². The third-order valence-electron chi connectivity index (χ3n) is 4.50. The molecule has 1 heterocycles. The molecule has 26 heavy (non-hydrogen) atoms. The zero-order chi connectivity index (χ0) is 18.8. The standard InChI is InChI=1S/C19H28N4O3/c1-20-19(23-13-9-16(10-14-23)18(25)26-2)22-12-6-11-21-17(24)15-7-4-3-5-8-15/h3-5,7-8,16H,6,9-14H2,1-2H3,(H,20,22)(H,21,24). The smallest absolute Gasteiger partial charge is 0.308 e. The molecule has 2 N–H and O–H groups in total. The molecule has 1 aromatic carbocycles. The summed E-state index contributed by atoms with van der Waals surface area (Å²) in [4.78, 5) is 30.0. The molecule has 1 aromatic rings. The van der Waals surface area contributed by atoms with Gasteiger partial charge in [0, 0.05) is 38.8 Å². The molecule has 0 unspecified atom stereocenters. The number of nitrogens with zero attached hydrogens (tertiary/aromatic N) is 2. The van der Waals surface area contributed by atoms with Gasteiger partial charge in [0.05, 0.1) is 13.0 Å². The van der Waals surface area contributed by atoms with Gasteiger partial charge in [-0.1, -0.05) is 18.2 Å². The second kappa shape index (κ2) is 10.4. The van der Waals surface area contributed by atoms with Gasteiger partial charge in [0.15, 0.2) is 5.96 Å². The molecule has 7 nitrogen and oxygen atoms in total. The Morgan fingerprint density at radius 2 is 1.81 bits per heavy atom. The zero-order valence-electron chi connectivity index (χ0n) is 15.5. The Morgan fingerprint density at radius 3 is 2.42 bits per heavy atom. The monoisotopic (exact) mass is 360 g/mol. The van der Waals surface area contributed by atoms with Crippen molar-refractivity contribution in [3.05, 3.63) is 35.9 Å². The van der Waals surface area contributed by atoms with E-state index < -0.39 is 0 Å². The highest BCUT2D eigenvalue weighted by molar-refractivity contribution is 5.94. The van der Waals surface area contributed by atoms with E-state index in [2.05, 4.69) is 20.5 Å². The van der Waals surface area contributed by atoms with Crippen LogP contribution in [0.2, 0.25) is 0 Å². The lowest BCUT2D eigenvalue weighted by Gasteiger charge is -2.33. The summed E-state index contributed by atoms with van der Waals surface area (Å²) in [5.74, 6) is 0.645. The number of guanidine groups is 1. The number of nitrogens with one attached hydrogen (secondary N) is 2. The first-order valence-electron chi connectivity index (χ1n) is 9.02. The lowest BCUT2D eigenvalue weighted by molar-refractivity contribution is -0.146. The van der Waals surface area contributed by atoms with Crippen molar-refractivity contribution in [1.82, 2.24) is 15.5 Å². The maximum atomic E-state index is 12.0. The van der Waals surface area contributed by atoms with Gasteiger partial charge in [-0.2, -0.15) is 0 Å². The third kappa shape index (κ3) is 5.75. The number of likely N-dealkylation sites (tertiary alicyclic amines) is 1. The lowest BCUT2D eigenvalue weighted by Crippen LogP contribution is -2.47. The Hall–Kier alpha value is -2.57. The van der Waals surface area contributed by atoms with Crippen LogP contribution < -0.4 is 10.6 Å². The Bertz CT molecular complexity index is 610. The molecule has 7 heteroatoms. The van der Waals surface area contributed by atoms with Gasteiger partial charge in [0.1, 0.15) is 0 Å². The molecule has 0 aliphatic carbocycles. The molecule has 1 saturated heterocycles. The number of hydrogen-bond acceptors (Lipinski definition) is 4. The number of aliphatic imine (C=N–C) groups is 1. The van der Waals surface area contributed by atoms with E-state index in [0.29, 0.717) is 12.1 Å². The molecule has 1 amide bonds. The highest BCUT2D eigenvalue weighted by Gasteiger charge is 2.26. The van der Waals surface area contributed by atoms with Gasteiger partial charge >= 0.3 is 5.97 Å². The number of ether oxygens (including phenoxy) is 1. The molecule has 0 saturated carbocycles. The summed E-state index contributed by atoms with van der Waals surface area (Å²) < 4.78 is 4.82. The largest absolute Gasteiger partial charge is 0.469 e. The minimum absolute atomic E-state index is 0.0115. The fraction of sp³-hybridized carbons (Fsp3) is 0.526. The third-order valence-corrected chi connectivity index (χ3v) is 4.50. The average molecular weight is 360 g/mol. The molecule has 0 radical (unpaired) electrons. The number of rotatable bonds is 6. The molecule has 0 bridgehead atoms. The van der Waals surface area contributed by atoms with E-state index in [1.807, 2.05) is 18.2 Å². The summed E-state index contributed by atoms with van der Waals surface area (Å²) in [7, 11) is 3.19. The molecule has 0 atom stereocenters. The van der Waals surface area contributed by atoms with Gasteiger partial charge in [-0.15, -0.1) is 0 Å². The number of esters is 1. The van der Waals surface area contributed by atoms with Crippen LogP contribution in [0.15, 0.2) is 35.3 Å². The number of carbonyl (C=O) groups excluding carboxylic acids is 2. The Labute approximate surface area is 154 Å². The van der Waals surface area contributed by atoms with Crippen molar-refractivity contribution in [3.63, 3.8) is 0 Å². The number of carbonyl (C=O) groups is 2. The van der Waals surface area contributed by atoms with E-state index in [1.165, 1.54) is 7.11 Å². The van der Waals surface area contributed by atoms with E-state index in [4.69, 9.17) is 4.74 Å². The van der Waals surface area contributed by atoms with Gasteiger partial charge in [-0.3, -0.25) is 14.6 Å². The van der Waals surface area contributed by atoms with Crippen LogP contribution in [0.5, 0.6) is 0 Å². The van der Waals surface area contributed by atoms with Crippen molar-refractivity contribution in [2.45, 2.75) is 19.3 Å². The zero-order valence-corrected chi connectivity index (χ0v) is 15.5. The van der Waals surface area contributed by atoms with E-state index in [9.17, 15) is 9.59 Å². The van der Waals surface area contributed by atoms with Crippen LogP contribution in [0.4, 0.5) is 0 Å². The molecular weight excluding hydrogens is 332 g/mol. The van der Waals surface area contributed by atoms with Crippen LogP contribution in [0, 0.1) is 5.92 Å². The van der Waals surface area contributed by atoms with Gasteiger partial charge in [0.2, 0.25) is 0 Å². The van der Waals surface area contributed by atoms with Crippen LogP contribution in [-0.2, 0) is 9.53 Å². The second-order valence-electron chi connectivity index (χ2n) is 6.23. The van der Waals surface area contributed by atoms with E-state index in [-0.39, 0.29) is 17.8 Å². The number of piperidine rings is 1. The first kappa shape index (κ1) is 19.8. The van der Waals surface area contributed by atoms with Gasteiger partial charge < -0.3 is 20.3 Å². The second-order valence-corrected chi connectivity index (χ2v) is 6.23. The summed E-state index contributed by atoms with van der Waals surface area (Å²) in [6.45, 7) is 2.88. The summed E-state index contributed by atoms with van der Waals surface area (Å²) in [6, 6.07) is 9.19. The highest BCUT2D eigenvalue weighted by atomic mass is 16.5. The van der Waals surface area contributed by atoms with Gasteiger partial charge in [0.25, 0.3) is 5.91 Å². The van der Waals surface area contributed by atoms with Crippen LogP contribution in [0.3, 0.4) is 0 Å². The van der Waals surface area contributed by atoms with Crippen molar-refractivity contribution in [1.29, 1.82) is 0 Å². The van der Waals surface area contributed by atoms with Crippen molar-refractivity contribution in [2.24, 2.45) is 10.9 Å². The van der Waals surface area contributed by atoms with Crippen LogP contribution in [0.25, 0.3) is 0 Å². The van der Waals surface area contributed by atoms with Crippen molar-refractivity contribution < 1.29 is 14.3 Å². The first-order chi connectivity index (χ1) is 12.7. The van der Waals surface area contributed by atoms with Crippen molar-refractivity contribution >= 4 is 17.8 Å². The molecule has 1 fully saturated rings. The fourth-order valence-corrected chi connectivity index (χ4v) is 3.01. The first-order valence-corrected chi connectivity index (χ1v) is 9.02. The van der Waals surface area contributed by atoms with Gasteiger partial charge in [-0.05, 0) is 31.4 Å². The van der Waals surface area contributed by atoms with E-state index >= 15 is 0 Å². The van der Waals surface area contributed by atoms with Crippen LogP contribution >= 0.6 is 0 Å². The number of benzene rings is 1. The quantitative estimate of drug-likeness (QED) is 0.345. The Morgan fingerprint density at radius 1 is 1.15 bits per heavy atom. The SMILES string of the molecule is CN=C(NCCCNC(=O)c1ccccc1)N1CCC(C(=O)OC)CC1. The maximum Gasteiger partial charge on any atom is 0.308 e. The number of amides is 1. The molecule has 0 spiro atoms. The molecular formula is C19H28N4O3. The fourth-order valence-electron chi connectivity index (χ4n) is 3.01. The highest BCUT2D eigenvalue weighted by Crippen LogP contribution is 2.18. The summed E-state index contributed by atoms with van der Waals surface area (Å²) in [5, 5.41) is 6.23. The van der Waals surface area contributed by atoms with Crippen LogP contribution in [-0.4, -0.2) is 63.1 Å². The molecule has 2 rings (SSSR count). The topological polar surface area (TPSA) is 83.0 Å².